The normalized spacial score (nSPS) is 15.5. The molecule has 1 aliphatic heterocycles. The molecule has 0 aliphatic carbocycles. The Hall–Kier alpha value is -2.07. The molecule has 2 aromatic rings. The van der Waals surface area contributed by atoms with Gasteiger partial charge in [-0.05, 0) is 30.3 Å². The van der Waals surface area contributed by atoms with Crippen LogP contribution >= 0.6 is 11.6 Å². The minimum Gasteiger partial charge on any atom is -0.379 e. The SMILES string of the molecule is O=C(Nc1cc(F)ccc1F)c1cc(S(=O)(=O)N2CCOCC2)ccc1Cl. The second kappa shape index (κ2) is 7.89. The molecule has 0 bridgehead atoms. The Morgan fingerprint density at radius 3 is 2.52 bits per heavy atom. The van der Waals surface area contributed by atoms with E-state index in [1.807, 2.05) is 0 Å². The van der Waals surface area contributed by atoms with Crippen LogP contribution in [0.3, 0.4) is 0 Å². The molecule has 144 valence electrons. The summed E-state index contributed by atoms with van der Waals surface area (Å²) in [5.41, 5.74) is -0.549. The van der Waals surface area contributed by atoms with E-state index < -0.39 is 27.6 Å². The molecule has 27 heavy (non-hydrogen) atoms. The number of nitrogens with one attached hydrogen (secondary N) is 1. The molecule has 3 rings (SSSR count). The fourth-order valence-electron chi connectivity index (χ4n) is 2.56. The number of hydrogen-bond donors (Lipinski definition) is 1. The van der Waals surface area contributed by atoms with Crippen LogP contribution in [-0.4, -0.2) is 44.9 Å². The number of carbonyl (C=O) groups is 1. The van der Waals surface area contributed by atoms with Crippen LogP contribution in [0.5, 0.6) is 0 Å². The Morgan fingerprint density at radius 1 is 1.11 bits per heavy atom. The molecule has 1 aliphatic rings. The Labute approximate surface area is 159 Å². The van der Waals surface area contributed by atoms with Crippen molar-refractivity contribution < 1.29 is 26.7 Å². The number of carbonyl (C=O) groups excluding carboxylic acids is 1. The fraction of sp³-hybridized carbons (Fsp3) is 0.235. The van der Waals surface area contributed by atoms with Crippen LogP contribution in [0.15, 0.2) is 41.3 Å². The number of amides is 1. The molecule has 1 N–H and O–H groups in total. The summed E-state index contributed by atoms with van der Waals surface area (Å²) >= 11 is 6.01. The monoisotopic (exact) mass is 416 g/mol. The van der Waals surface area contributed by atoms with E-state index >= 15 is 0 Å². The standard InChI is InChI=1S/C17H15ClF2N2O4S/c18-14-3-2-12(27(24,25)22-5-7-26-8-6-22)10-13(14)17(23)21-16-9-11(19)1-4-15(16)20/h1-4,9-10H,5-8H2,(H,21,23). The number of rotatable bonds is 4. The van der Waals surface area contributed by atoms with Crippen LogP contribution in [-0.2, 0) is 14.8 Å². The van der Waals surface area contributed by atoms with Gasteiger partial charge < -0.3 is 10.1 Å². The third kappa shape index (κ3) is 4.27. The molecule has 0 radical (unpaired) electrons. The Bertz CT molecular complexity index is 979. The zero-order valence-electron chi connectivity index (χ0n) is 13.9. The maximum Gasteiger partial charge on any atom is 0.257 e. The lowest BCUT2D eigenvalue weighted by Gasteiger charge is -2.26. The van der Waals surface area contributed by atoms with Crippen LogP contribution in [0.4, 0.5) is 14.5 Å². The first kappa shape index (κ1) is 19.7. The summed E-state index contributed by atoms with van der Waals surface area (Å²) in [6.45, 7) is 0.944. The maximum absolute atomic E-state index is 13.7. The van der Waals surface area contributed by atoms with Gasteiger partial charge in [0.2, 0.25) is 10.0 Å². The van der Waals surface area contributed by atoms with Crippen molar-refractivity contribution in [3.05, 3.63) is 58.6 Å². The fourth-order valence-corrected chi connectivity index (χ4v) is 4.20. The van der Waals surface area contributed by atoms with Crippen molar-refractivity contribution in [2.24, 2.45) is 0 Å². The second-order valence-electron chi connectivity index (χ2n) is 5.74. The number of ether oxygens (including phenoxy) is 1. The van der Waals surface area contributed by atoms with Crippen molar-refractivity contribution in [3.8, 4) is 0 Å². The van der Waals surface area contributed by atoms with Gasteiger partial charge in [-0.2, -0.15) is 4.31 Å². The number of halogens is 3. The zero-order chi connectivity index (χ0) is 19.6. The smallest absolute Gasteiger partial charge is 0.257 e. The van der Waals surface area contributed by atoms with Gasteiger partial charge in [0.05, 0.1) is 34.4 Å². The highest BCUT2D eigenvalue weighted by atomic mass is 35.5. The molecule has 2 aromatic carbocycles. The van der Waals surface area contributed by atoms with Gasteiger partial charge in [-0.3, -0.25) is 4.79 Å². The highest BCUT2D eigenvalue weighted by Gasteiger charge is 2.27. The van der Waals surface area contributed by atoms with Crippen molar-refractivity contribution in [2.45, 2.75) is 4.90 Å². The number of nitrogens with zero attached hydrogens (tertiary/aromatic N) is 1. The molecule has 10 heteroatoms. The highest BCUT2D eigenvalue weighted by Crippen LogP contribution is 2.25. The average molecular weight is 417 g/mol. The van der Waals surface area contributed by atoms with Crippen LogP contribution in [0.25, 0.3) is 0 Å². The summed E-state index contributed by atoms with van der Waals surface area (Å²) in [5, 5.41) is 2.18. The Morgan fingerprint density at radius 2 is 1.81 bits per heavy atom. The van der Waals surface area contributed by atoms with E-state index in [4.69, 9.17) is 16.3 Å². The quantitative estimate of drug-likeness (QED) is 0.831. The lowest BCUT2D eigenvalue weighted by Crippen LogP contribution is -2.40. The number of benzene rings is 2. The van der Waals surface area contributed by atoms with Gasteiger partial charge in [-0.15, -0.1) is 0 Å². The molecule has 0 unspecified atom stereocenters. The average Bonchev–Trinajstić information content (AvgIpc) is 2.65. The van der Waals surface area contributed by atoms with Crippen LogP contribution in [0.1, 0.15) is 10.4 Å². The summed E-state index contributed by atoms with van der Waals surface area (Å²) in [7, 11) is -3.84. The van der Waals surface area contributed by atoms with Crippen molar-refractivity contribution in [2.75, 3.05) is 31.6 Å². The van der Waals surface area contributed by atoms with Gasteiger partial charge in [0.1, 0.15) is 11.6 Å². The number of anilines is 1. The minimum atomic E-state index is -3.84. The van der Waals surface area contributed by atoms with Crippen molar-refractivity contribution in [1.82, 2.24) is 4.31 Å². The molecular weight excluding hydrogens is 402 g/mol. The first-order chi connectivity index (χ1) is 12.8. The Balaban J connectivity index is 1.91. The van der Waals surface area contributed by atoms with Crippen molar-refractivity contribution >= 4 is 33.2 Å². The van der Waals surface area contributed by atoms with Crippen molar-refractivity contribution in [1.29, 1.82) is 0 Å². The molecular formula is C17H15ClF2N2O4S. The molecule has 0 spiro atoms. The molecule has 1 saturated heterocycles. The topological polar surface area (TPSA) is 75.7 Å². The molecule has 1 heterocycles. The highest BCUT2D eigenvalue weighted by molar-refractivity contribution is 7.89. The van der Waals surface area contributed by atoms with E-state index in [0.29, 0.717) is 0 Å². The maximum atomic E-state index is 13.7. The van der Waals surface area contributed by atoms with Gasteiger partial charge in [0.15, 0.2) is 0 Å². The molecule has 6 nitrogen and oxygen atoms in total. The summed E-state index contributed by atoms with van der Waals surface area (Å²) < 4.78 is 58.8. The third-order valence-corrected chi connectivity index (χ3v) is 6.19. The van der Waals surface area contributed by atoms with E-state index in [0.717, 1.165) is 24.3 Å². The van der Waals surface area contributed by atoms with E-state index in [1.54, 1.807) is 0 Å². The number of sulfonamides is 1. The second-order valence-corrected chi connectivity index (χ2v) is 8.08. The van der Waals surface area contributed by atoms with E-state index in [9.17, 15) is 22.0 Å². The number of hydrogen-bond acceptors (Lipinski definition) is 4. The first-order valence-corrected chi connectivity index (χ1v) is 9.75. The Kier molecular flexibility index (Phi) is 5.75. The lowest BCUT2D eigenvalue weighted by atomic mass is 10.2. The zero-order valence-corrected chi connectivity index (χ0v) is 15.5. The largest absolute Gasteiger partial charge is 0.379 e. The number of morpholine rings is 1. The van der Waals surface area contributed by atoms with Crippen LogP contribution < -0.4 is 5.32 Å². The van der Waals surface area contributed by atoms with Gasteiger partial charge in [0.25, 0.3) is 5.91 Å². The van der Waals surface area contributed by atoms with Gasteiger partial charge in [-0.1, -0.05) is 11.6 Å². The third-order valence-electron chi connectivity index (χ3n) is 3.97. The van der Waals surface area contributed by atoms with Gasteiger partial charge in [-0.25, -0.2) is 17.2 Å². The van der Waals surface area contributed by atoms with E-state index in [-0.39, 0.29) is 47.5 Å². The van der Waals surface area contributed by atoms with Crippen molar-refractivity contribution in [3.63, 3.8) is 0 Å². The molecule has 1 amide bonds. The van der Waals surface area contributed by atoms with Crippen LogP contribution in [0.2, 0.25) is 5.02 Å². The summed E-state index contributed by atoms with van der Waals surface area (Å²) in [6, 6.07) is 6.26. The summed E-state index contributed by atoms with van der Waals surface area (Å²) in [5.74, 6) is -2.43. The van der Waals surface area contributed by atoms with Gasteiger partial charge in [0, 0.05) is 19.2 Å². The molecule has 0 aromatic heterocycles. The summed E-state index contributed by atoms with van der Waals surface area (Å²) in [6.07, 6.45) is 0. The predicted octanol–water partition coefficient (Wildman–Crippen LogP) is 2.89. The van der Waals surface area contributed by atoms with E-state index in [1.165, 1.54) is 16.4 Å². The van der Waals surface area contributed by atoms with Crippen LogP contribution in [0, 0.1) is 11.6 Å². The molecule has 1 fully saturated rings. The summed E-state index contributed by atoms with van der Waals surface area (Å²) in [4.78, 5) is 12.3. The van der Waals surface area contributed by atoms with Gasteiger partial charge >= 0.3 is 0 Å². The predicted molar refractivity (Wildman–Crippen MR) is 95.3 cm³/mol. The lowest BCUT2D eigenvalue weighted by molar-refractivity contribution is 0.0730. The molecule has 0 atom stereocenters. The van der Waals surface area contributed by atoms with E-state index in [2.05, 4.69) is 5.32 Å². The molecule has 0 saturated carbocycles. The first-order valence-electron chi connectivity index (χ1n) is 7.93. The minimum absolute atomic E-state index is 0.0229.